The number of thioether (sulfide) groups is 1. The van der Waals surface area contributed by atoms with Crippen molar-refractivity contribution in [2.45, 2.75) is 10.1 Å². The highest BCUT2D eigenvalue weighted by Gasteiger charge is 2.25. The average Bonchev–Trinajstić information content (AvgIpc) is 2.84. The van der Waals surface area contributed by atoms with Gasteiger partial charge in [0.15, 0.2) is 0 Å². The van der Waals surface area contributed by atoms with Gasteiger partial charge in [0.25, 0.3) is 5.91 Å². The van der Waals surface area contributed by atoms with Crippen molar-refractivity contribution >= 4 is 29.3 Å². The number of anilines is 1. The maximum atomic E-state index is 13.4. The van der Waals surface area contributed by atoms with Crippen LogP contribution in [0.25, 0.3) is 0 Å². The standard InChI is InChI=1S/C25H24N2O3S/c28-24(23(19-9-3-1-4-10-19)31-20-11-5-2-6-12-20)26-22-14-8-7-13-21(22)25(29)27-15-17-30-18-16-27/h1-14,23H,15-18H2,(H,26,28). The maximum Gasteiger partial charge on any atom is 0.256 e. The summed E-state index contributed by atoms with van der Waals surface area (Å²) >= 11 is 1.49. The van der Waals surface area contributed by atoms with Crippen molar-refractivity contribution in [3.05, 3.63) is 96.1 Å². The monoisotopic (exact) mass is 432 g/mol. The molecule has 1 aliphatic rings. The second kappa shape index (κ2) is 10.3. The molecule has 1 fully saturated rings. The van der Waals surface area contributed by atoms with E-state index in [0.717, 1.165) is 10.5 Å². The minimum absolute atomic E-state index is 0.0915. The molecule has 5 nitrogen and oxygen atoms in total. The van der Waals surface area contributed by atoms with Gasteiger partial charge in [-0.3, -0.25) is 9.59 Å². The molecule has 1 N–H and O–H groups in total. The van der Waals surface area contributed by atoms with Gasteiger partial charge in [-0.25, -0.2) is 0 Å². The number of nitrogens with one attached hydrogen (secondary N) is 1. The van der Waals surface area contributed by atoms with Gasteiger partial charge in [-0.1, -0.05) is 60.7 Å². The first-order chi connectivity index (χ1) is 15.2. The van der Waals surface area contributed by atoms with Crippen LogP contribution in [0.15, 0.2) is 89.8 Å². The summed E-state index contributed by atoms with van der Waals surface area (Å²) in [6.07, 6.45) is 0. The second-order valence-electron chi connectivity index (χ2n) is 7.16. The quantitative estimate of drug-likeness (QED) is 0.577. The van der Waals surface area contributed by atoms with Crippen LogP contribution in [0.1, 0.15) is 21.2 Å². The number of para-hydroxylation sites is 1. The number of benzene rings is 3. The van der Waals surface area contributed by atoms with Crippen LogP contribution in [-0.4, -0.2) is 43.0 Å². The fourth-order valence-corrected chi connectivity index (χ4v) is 4.50. The van der Waals surface area contributed by atoms with E-state index in [1.54, 1.807) is 17.0 Å². The zero-order valence-electron chi connectivity index (χ0n) is 17.1. The van der Waals surface area contributed by atoms with Crippen LogP contribution in [0, 0.1) is 0 Å². The first kappa shape index (κ1) is 21.2. The fourth-order valence-electron chi connectivity index (χ4n) is 3.45. The number of carbonyl (C=O) groups is 2. The molecule has 3 aromatic carbocycles. The molecule has 4 rings (SSSR count). The van der Waals surface area contributed by atoms with Crippen molar-refractivity contribution in [2.24, 2.45) is 0 Å². The van der Waals surface area contributed by atoms with Crippen molar-refractivity contribution < 1.29 is 14.3 Å². The van der Waals surface area contributed by atoms with Gasteiger partial charge in [-0.2, -0.15) is 0 Å². The molecule has 1 saturated heterocycles. The van der Waals surface area contributed by atoms with E-state index in [1.807, 2.05) is 72.8 Å². The van der Waals surface area contributed by atoms with Crippen LogP contribution >= 0.6 is 11.8 Å². The average molecular weight is 433 g/mol. The Bertz CT molecular complexity index is 1020. The van der Waals surface area contributed by atoms with Crippen LogP contribution in [0.4, 0.5) is 5.69 Å². The Balaban J connectivity index is 1.58. The topological polar surface area (TPSA) is 58.6 Å². The van der Waals surface area contributed by atoms with Gasteiger partial charge in [0.1, 0.15) is 5.25 Å². The molecule has 0 aromatic heterocycles. The van der Waals surface area contributed by atoms with Gasteiger partial charge in [-0.15, -0.1) is 11.8 Å². The number of ether oxygens (including phenoxy) is 1. The van der Waals surface area contributed by atoms with Crippen LogP contribution in [0.3, 0.4) is 0 Å². The molecule has 1 heterocycles. The lowest BCUT2D eigenvalue weighted by Crippen LogP contribution is -2.41. The van der Waals surface area contributed by atoms with Crippen LogP contribution in [0.2, 0.25) is 0 Å². The van der Waals surface area contributed by atoms with E-state index in [0.29, 0.717) is 37.6 Å². The summed E-state index contributed by atoms with van der Waals surface area (Å²) in [4.78, 5) is 29.2. The number of hydrogen-bond donors (Lipinski definition) is 1. The van der Waals surface area contributed by atoms with Crippen LogP contribution < -0.4 is 5.32 Å². The Kier molecular flexibility index (Phi) is 7.02. The highest BCUT2D eigenvalue weighted by Crippen LogP contribution is 2.36. The summed E-state index contributed by atoms with van der Waals surface area (Å²) in [5.74, 6) is -0.256. The third kappa shape index (κ3) is 5.34. The normalized spacial score (nSPS) is 14.6. The van der Waals surface area contributed by atoms with Gasteiger partial charge in [0.05, 0.1) is 24.5 Å². The molecule has 2 amide bonds. The van der Waals surface area contributed by atoms with E-state index in [4.69, 9.17) is 4.74 Å². The molecular weight excluding hydrogens is 408 g/mol. The number of carbonyl (C=O) groups excluding carboxylic acids is 2. The van der Waals surface area contributed by atoms with Gasteiger partial charge >= 0.3 is 0 Å². The Morgan fingerprint density at radius 1 is 0.839 bits per heavy atom. The van der Waals surface area contributed by atoms with Crippen LogP contribution in [-0.2, 0) is 9.53 Å². The lowest BCUT2D eigenvalue weighted by Gasteiger charge is -2.27. The summed E-state index contributed by atoms with van der Waals surface area (Å²) < 4.78 is 5.35. The molecule has 0 spiro atoms. The van der Waals surface area contributed by atoms with Crippen molar-refractivity contribution in [3.8, 4) is 0 Å². The van der Waals surface area contributed by atoms with E-state index < -0.39 is 5.25 Å². The number of amides is 2. The summed E-state index contributed by atoms with van der Waals surface area (Å²) in [6, 6.07) is 26.7. The number of rotatable bonds is 6. The van der Waals surface area contributed by atoms with E-state index >= 15 is 0 Å². The SMILES string of the molecule is O=C(Nc1ccccc1C(=O)N1CCOCC1)C(Sc1ccccc1)c1ccccc1. The third-order valence-electron chi connectivity index (χ3n) is 5.05. The Morgan fingerprint density at radius 3 is 2.16 bits per heavy atom. The van der Waals surface area contributed by atoms with E-state index in [1.165, 1.54) is 11.8 Å². The lowest BCUT2D eigenvalue weighted by molar-refractivity contribution is -0.115. The molecule has 0 saturated carbocycles. The molecule has 1 atom stereocenters. The summed E-state index contributed by atoms with van der Waals surface area (Å²) in [5.41, 5.74) is 1.93. The minimum atomic E-state index is -0.449. The first-order valence-electron chi connectivity index (χ1n) is 10.3. The van der Waals surface area contributed by atoms with Gasteiger partial charge < -0.3 is 15.0 Å². The Morgan fingerprint density at radius 2 is 1.45 bits per heavy atom. The van der Waals surface area contributed by atoms with Crippen molar-refractivity contribution in [1.29, 1.82) is 0 Å². The van der Waals surface area contributed by atoms with E-state index in [-0.39, 0.29) is 11.8 Å². The Labute approximate surface area is 186 Å². The summed E-state index contributed by atoms with van der Waals surface area (Å²) in [7, 11) is 0. The molecule has 158 valence electrons. The van der Waals surface area contributed by atoms with Gasteiger partial charge in [0, 0.05) is 18.0 Å². The maximum absolute atomic E-state index is 13.4. The molecule has 31 heavy (non-hydrogen) atoms. The Hall–Kier alpha value is -3.09. The largest absolute Gasteiger partial charge is 0.378 e. The zero-order chi connectivity index (χ0) is 21.5. The number of nitrogens with zero attached hydrogens (tertiary/aromatic N) is 1. The lowest BCUT2D eigenvalue weighted by atomic mass is 10.1. The van der Waals surface area contributed by atoms with Gasteiger partial charge in [0.2, 0.25) is 5.91 Å². The third-order valence-corrected chi connectivity index (χ3v) is 6.32. The molecule has 0 radical (unpaired) electrons. The van der Waals surface area contributed by atoms with E-state index in [2.05, 4.69) is 5.32 Å². The molecular formula is C25H24N2O3S. The summed E-state index contributed by atoms with van der Waals surface area (Å²) in [6.45, 7) is 2.17. The zero-order valence-corrected chi connectivity index (χ0v) is 17.9. The molecule has 0 aliphatic carbocycles. The number of hydrogen-bond acceptors (Lipinski definition) is 4. The van der Waals surface area contributed by atoms with Crippen molar-refractivity contribution in [3.63, 3.8) is 0 Å². The highest BCUT2D eigenvalue weighted by molar-refractivity contribution is 8.00. The van der Waals surface area contributed by atoms with E-state index in [9.17, 15) is 9.59 Å². The van der Waals surface area contributed by atoms with Crippen LogP contribution in [0.5, 0.6) is 0 Å². The second-order valence-corrected chi connectivity index (χ2v) is 8.34. The predicted octanol–water partition coefficient (Wildman–Crippen LogP) is 4.63. The van der Waals surface area contributed by atoms with Crippen molar-refractivity contribution in [2.75, 3.05) is 31.6 Å². The molecule has 0 bridgehead atoms. The molecule has 1 unspecified atom stereocenters. The molecule has 3 aromatic rings. The highest BCUT2D eigenvalue weighted by atomic mass is 32.2. The molecule has 1 aliphatic heterocycles. The minimum Gasteiger partial charge on any atom is -0.378 e. The predicted molar refractivity (Wildman–Crippen MR) is 123 cm³/mol. The first-order valence-corrected chi connectivity index (χ1v) is 11.1. The molecule has 6 heteroatoms. The summed E-state index contributed by atoms with van der Waals surface area (Å²) in [5, 5.41) is 2.56. The number of morpholine rings is 1. The smallest absolute Gasteiger partial charge is 0.256 e. The van der Waals surface area contributed by atoms with Gasteiger partial charge in [-0.05, 0) is 29.8 Å². The van der Waals surface area contributed by atoms with Crippen molar-refractivity contribution in [1.82, 2.24) is 4.90 Å². The fraction of sp³-hybridized carbons (Fsp3) is 0.200.